The van der Waals surface area contributed by atoms with Crippen LogP contribution in [0.5, 0.6) is 0 Å². The molecule has 5 heteroatoms. The lowest BCUT2D eigenvalue weighted by Crippen LogP contribution is -2.41. The monoisotopic (exact) mass is 297 g/mol. The molecule has 2 aromatic rings. The summed E-state index contributed by atoms with van der Waals surface area (Å²) in [5.41, 5.74) is -0.949. The van der Waals surface area contributed by atoms with Crippen LogP contribution in [0.25, 0.3) is 10.9 Å². The van der Waals surface area contributed by atoms with Crippen LogP contribution in [0.2, 0.25) is 0 Å². The minimum absolute atomic E-state index is 0.224. The zero-order valence-electron chi connectivity index (χ0n) is 11.8. The lowest BCUT2D eigenvalue weighted by atomic mass is 9.85. The van der Waals surface area contributed by atoms with E-state index >= 15 is 0 Å². The van der Waals surface area contributed by atoms with Crippen LogP contribution >= 0.6 is 0 Å². The van der Waals surface area contributed by atoms with Crippen LogP contribution in [0.3, 0.4) is 0 Å². The van der Waals surface area contributed by atoms with Gasteiger partial charge >= 0.3 is 0 Å². The van der Waals surface area contributed by atoms with Crippen molar-refractivity contribution >= 4 is 10.9 Å². The van der Waals surface area contributed by atoms with Gasteiger partial charge in [0.25, 0.3) is 6.43 Å². The van der Waals surface area contributed by atoms with Crippen molar-refractivity contribution in [3.63, 3.8) is 0 Å². The Morgan fingerprint density at radius 3 is 2.62 bits per heavy atom. The second-order valence-corrected chi connectivity index (χ2v) is 5.53. The molecule has 1 aromatic carbocycles. The molecule has 2 atom stereocenters. The Morgan fingerprint density at radius 1 is 1.24 bits per heavy atom. The molecule has 1 aromatic heterocycles. The van der Waals surface area contributed by atoms with E-state index in [1.165, 1.54) is 13.1 Å². The summed E-state index contributed by atoms with van der Waals surface area (Å²) in [6, 6.07) is 8.78. The minimum Gasteiger partial charge on any atom is -0.384 e. The van der Waals surface area contributed by atoms with Gasteiger partial charge in [0.15, 0.2) is 0 Å². The molecular weight excluding hydrogens is 279 g/mol. The first-order valence-corrected chi connectivity index (χ1v) is 6.85. The Morgan fingerprint density at radius 2 is 1.95 bits per heavy atom. The van der Waals surface area contributed by atoms with Crippen molar-refractivity contribution < 1.29 is 18.3 Å². The minimum atomic E-state index is -2.93. The summed E-state index contributed by atoms with van der Waals surface area (Å²) >= 11 is 0. The predicted octanol–water partition coefficient (Wildman–Crippen LogP) is 3.77. The van der Waals surface area contributed by atoms with E-state index in [4.69, 9.17) is 0 Å². The second kappa shape index (κ2) is 6.43. The number of hydrogen-bond acceptors (Lipinski definition) is 2. The highest BCUT2D eigenvalue weighted by Gasteiger charge is 2.39. The van der Waals surface area contributed by atoms with Crippen LogP contribution < -0.4 is 0 Å². The highest BCUT2D eigenvalue weighted by Crippen LogP contribution is 2.31. The average Bonchev–Trinajstić information content (AvgIpc) is 2.47. The summed E-state index contributed by atoms with van der Waals surface area (Å²) < 4.78 is 39.2. The number of aromatic nitrogens is 1. The Labute approximate surface area is 121 Å². The Kier molecular flexibility index (Phi) is 4.83. The lowest BCUT2D eigenvalue weighted by Gasteiger charge is -2.29. The van der Waals surface area contributed by atoms with Crippen molar-refractivity contribution in [2.45, 2.75) is 31.8 Å². The van der Waals surface area contributed by atoms with Crippen molar-refractivity contribution in [2.75, 3.05) is 6.67 Å². The fourth-order valence-electron chi connectivity index (χ4n) is 2.54. The van der Waals surface area contributed by atoms with E-state index in [1.54, 1.807) is 24.3 Å². The molecule has 21 heavy (non-hydrogen) atoms. The number of para-hydroxylation sites is 1. The van der Waals surface area contributed by atoms with E-state index in [0.29, 0.717) is 11.1 Å². The molecule has 0 fully saturated rings. The van der Waals surface area contributed by atoms with E-state index in [-0.39, 0.29) is 12.8 Å². The van der Waals surface area contributed by atoms with Crippen molar-refractivity contribution in [2.24, 2.45) is 5.92 Å². The van der Waals surface area contributed by atoms with E-state index in [9.17, 15) is 18.3 Å². The van der Waals surface area contributed by atoms with Gasteiger partial charge < -0.3 is 5.11 Å². The Bertz CT molecular complexity index is 600. The van der Waals surface area contributed by atoms with E-state index in [2.05, 4.69) is 4.98 Å². The highest BCUT2D eigenvalue weighted by atomic mass is 19.3. The molecule has 0 spiro atoms. The molecule has 114 valence electrons. The van der Waals surface area contributed by atoms with E-state index < -0.39 is 24.6 Å². The molecule has 0 saturated heterocycles. The van der Waals surface area contributed by atoms with Crippen LogP contribution in [-0.4, -0.2) is 28.8 Å². The summed E-state index contributed by atoms with van der Waals surface area (Å²) in [5.74, 6) is -0.614. The molecule has 0 aliphatic rings. The SMILES string of the molecule is CC(CF)CC(O)(Cc1ccnc2ccccc12)C(F)F. The van der Waals surface area contributed by atoms with Gasteiger partial charge in [-0.15, -0.1) is 0 Å². The Hall–Kier alpha value is -1.62. The third-order valence-electron chi connectivity index (χ3n) is 3.61. The van der Waals surface area contributed by atoms with Crippen LogP contribution in [0, 0.1) is 5.92 Å². The Balaban J connectivity index is 2.35. The van der Waals surface area contributed by atoms with Gasteiger partial charge in [-0.2, -0.15) is 0 Å². The fraction of sp³-hybridized carbons (Fsp3) is 0.438. The fourth-order valence-corrected chi connectivity index (χ4v) is 2.54. The van der Waals surface area contributed by atoms with Gasteiger partial charge in [0.2, 0.25) is 0 Å². The van der Waals surface area contributed by atoms with Crippen LogP contribution in [0.15, 0.2) is 36.5 Å². The molecule has 0 amide bonds. The number of aliphatic hydroxyl groups is 1. The summed E-state index contributed by atoms with van der Waals surface area (Å²) in [4.78, 5) is 4.16. The smallest absolute Gasteiger partial charge is 0.267 e. The van der Waals surface area contributed by atoms with Gasteiger partial charge in [0, 0.05) is 18.0 Å². The quantitative estimate of drug-likeness (QED) is 0.880. The van der Waals surface area contributed by atoms with Gasteiger partial charge in [-0.25, -0.2) is 8.78 Å². The number of rotatable bonds is 6. The number of pyridine rings is 1. The number of hydrogen-bond donors (Lipinski definition) is 1. The van der Waals surface area contributed by atoms with Crippen molar-refractivity contribution in [3.8, 4) is 0 Å². The first kappa shape index (κ1) is 15.8. The molecule has 0 aliphatic heterocycles. The third kappa shape index (κ3) is 3.53. The molecule has 1 heterocycles. The molecule has 2 unspecified atom stereocenters. The van der Waals surface area contributed by atoms with Crippen LogP contribution in [-0.2, 0) is 6.42 Å². The number of benzene rings is 1. The van der Waals surface area contributed by atoms with Crippen molar-refractivity contribution in [3.05, 3.63) is 42.1 Å². The zero-order chi connectivity index (χ0) is 15.5. The van der Waals surface area contributed by atoms with Crippen molar-refractivity contribution in [1.82, 2.24) is 4.98 Å². The molecule has 0 aliphatic carbocycles. The van der Waals surface area contributed by atoms with Gasteiger partial charge in [0.05, 0.1) is 12.2 Å². The topological polar surface area (TPSA) is 33.1 Å². The summed E-state index contributed by atoms with van der Waals surface area (Å²) in [6.45, 7) is 0.782. The maximum Gasteiger partial charge on any atom is 0.267 e. The molecule has 0 saturated carbocycles. The van der Waals surface area contributed by atoms with Crippen LogP contribution in [0.1, 0.15) is 18.9 Å². The zero-order valence-corrected chi connectivity index (χ0v) is 11.8. The number of fused-ring (bicyclic) bond motifs is 1. The maximum atomic E-state index is 13.3. The van der Waals surface area contributed by atoms with Gasteiger partial charge in [0.1, 0.15) is 5.60 Å². The predicted molar refractivity (Wildman–Crippen MR) is 76.2 cm³/mol. The maximum absolute atomic E-state index is 13.3. The number of halogens is 3. The van der Waals surface area contributed by atoms with E-state index in [0.717, 1.165) is 5.39 Å². The third-order valence-corrected chi connectivity index (χ3v) is 3.61. The summed E-state index contributed by atoms with van der Waals surface area (Å²) in [6.07, 6.45) is -1.91. The summed E-state index contributed by atoms with van der Waals surface area (Å²) in [7, 11) is 0. The van der Waals surface area contributed by atoms with Crippen LogP contribution in [0.4, 0.5) is 13.2 Å². The number of nitrogens with zero attached hydrogens (tertiary/aromatic N) is 1. The molecule has 1 N–H and O–H groups in total. The molecule has 2 nitrogen and oxygen atoms in total. The molecule has 2 rings (SSSR count). The lowest BCUT2D eigenvalue weighted by molar-refractivity contribution is -0.108. The normalized spacial score (nSPS) is 16.1. The molecular formula is C16H18F3NO. The largest absolute Gasteiger partial charge is 0.384 e. The summed E-state index contributed by atoms with van der Waals surface area (Å²) in [5, 5.41) is 11.0. The van der Waals surface area contributed by atoms with Gasteiger partial charge in [-0.3, -0.25) is 9.37 Å². The first-order chi connectivity index (χ1) is 9.96. The highest BCUT2D eigenvalue weighted by molar-refractivity contribution is 5.81. The van der Waals surface area contributed by atoms with Crippen molar-refractivity contribution in [1.29, 1.82) is 0 Å². The second-order valence-electron chi connectivity index (χ2n) is 5.53. The van der Waals surface area contributed by atoms with E-state index in [1.807, 2.05) is 6.07 Å². The van der Waals surface area contributed by atoms with Gasteiger partial charge in [-0.05, 0) is 30.0 Å². The molecule has 0 bridgehead atoms. The number of alkyl halides is 3. The van der Waals surface area contributed by atoms with Gasteiger partial charge in [-0.1, -0.05) is 25.1 Å². The molecule has 0 radical (unpaired) electrons. The average molecular weight is 297 g/mol. The standard InChI is InChI=1S/C16H18F3NO/c1-11(10-17)8-16(21,15(18)19)9-12-6-7-20-14-5-3-2-4-13(12)14/h2-7,11,15,21H,8-10H2,1H3. The first-order valence-electron chi connectivity index (χ1n) is 6.85.